The van der Waals surface area contributed by atoms with Crippen molar-refractivity contribution >= 4 is 28.8 Å². The van der Waals surface area contributed by atoms with E-state index >= 15 is 0 Å². The molecule has 35 heavy (non-hydrogen) atoms. The Morgan fingerprint density at radius 1 is 1.26 bits per heavy atom. The van der Waals surface area contributed by atoms with Crippen molar-refractivity contribution in [3.05, 3.63) is 29.3 Å². The Morgan fingerprint density at radius 3 is 2.71 bits per heavy atom. The predicted octanol–water partition coefficient (Wildman–Crippen LogP) is 2.91. The number of amides is 1. The molecule has 4 unspecified atom stereocenters. The number of piperidine rings is 1. The van der Waals surface area contributed by atoms with Gasteiger partial charge in [0.1, 0.15) is 0 Å². The number of ether oxygens (including phenoxy) is 2. The van der Waals surface area contributed by atoms with E-state index in [9.17, 15) is 9.00 Å². The Kier molecular flexibility index (Phi) is 9.33. The molecule has 4 atom stereocenters. The number of nitrogens with zero attached hydrogens (tertiary/aromatic N) is 1. The molecular weight excluding hydrogens is 464 g/mol. The van der Waals surface area contributed by atoms with Gasteiger partial charge in [0.2, 0.25) is 5.91 Å². The summed E-state index contributed by atoms with van der Waals surface area (Å²) in [6, 6.07) is 6.46. The van der Waals surface area contributed by atoms with Gasteiger partial charge in [0, 0.05) is 62.4 Å². The lowest BCUT2D eigenvalue weighted by Gasteiger charge is -2.40. The van der Waals surface area contributed by atoms with E-state index in [0.29, 0.717) is 38.8 Å². The average Bonchev–Trinajstić information content (AvgIpc) is 3.42. The highest BCUT2D eigenvalue weighted by Gasteiger charge is 2.36. The van der Waals surface area contributed by atoms with Crippen molar-refractivity contribution in [3.8, 4) is 0 Å². The summed E-state index contributed by atoms with van der Waals surface area (Å²) in [5.74, 6) is 0.790. The molecule has 3 fully saturated rings. The van der Waals surface area contributed by atoms with Crippen molar-refractivity contribution in [2.24, 2.45) is 11.8 Å². The molecule has 0 aromatic heterocycles. The quantitative estimate of drug-likeness (QED) is 0.449. The van der Waals surface area contributed by atoms with Crippen molar-refractivity contribution in [2.75, 3.05) is 51.5 Å². The number of anilines is 1. The highest BCUT2D eigenvalue weighted by atomic mass is 32.2. The average molecular weight is 505 g/mol. The van der Waals surface area contributed by atoms with Crippen LogP contribution in [-0.2, 0) is 25.3 Å². The molecule has 2 heterocycles. The number of carbonyl (C=O) groups is 1. The molecule has 3 aliphatic rings. The lowest BCUT2D eigenvalue weighted by atomic mass is 9.82. The fourth-order valence-electron chi connectivity index (χ4n) is 5.76. The topological polar surface area (TPSA) is 104 Å². The van der Waals surface area contributed by atoms with Gasteiger partial charge >= 0.3 is 0 Å². The highest BCUT2D eigenvalue weighted by molar-refractivity contribution is 7.82. The maximum Gasteiger partial charge on any atom is 0.228 e. The first-order valence-corrected chi connectivity index (χ1v) is 14.4. The lowest BCUT2D eigenvalue weighted by Crippen LogP contribution is -2.54. The van der Waals surface area contributed by atoms with Gasteiger partial charge in [-0.2, -0.15) is 0 Å². The van der Waals surface area contributed by atoms with Crippen LogP contribution in [0.25, 0.3) is 0 Å². The van der Waals surface area contributed by atoms with Gasteiger partial charge in [-0.1, -0.05) is 6.07 Å². The Labute approximate surface area is 211 Å². The van der Waals surface area contributed by atoms with Crippen LogP contribution in [0.15, 0.2) is 18.2 Å². The molecule has 3 N–H and O–H groups in total. The van der Waals surface area contributed by atoms with Crippen molar-refractivity contribution in [2.45, 2.75) is 56.6 Å². The van der Waals surface area contributed by atoms with E-state index in [0.717, 1.165) is 49.8 Å². The van der Waals surface area contributed by atoms with Gasteiger partial charge in [0.15, 0.2) is 0 Å². The first-order chi connectivity index (χ1) is 17.0. The Balaban J connectivity index is 1.30. The van der Waals surface area contributed by atoms with Crippen molar-refractivity contribution < 1.29 is 18.5 Å². The molecule has 2 saturated heterocycles. The first-order valence-electron chi connectivity index (χ1n) is 12.9. The van der Waals surface area contributed by atoms with Crippen LogP contribution in [0.1, 0.15) is 55.6 Å². The van der Waals surface area contributed by atoms with Crippen molar-refractivity contribution in [3.63, 3.8) is 0 Å². The van der Waals surface area contributed by atoms with Gasteiger partial charge < -0.3 is 25.1 Å². The lowest BCUT2D eigenvalue weighted by molar-refractivity contribution is -0.138. The maximum absolute atomic E-state index is 12.9. The summed E-state index contributed by atoms with van der Waals surface area (Å²) >= 11 is 0. The number of rotatable bonds is 9. The van der Waals surface area contributed by atoms with Crippen LogP contribution in [0.5, 0.6) is 0 Å². The van der Waals surface area contributed by atoms with E-state index in [2.05, 4.69) is 28.2 Å². The van der Waals surface area contributed by atoms with Crippen LogP contribution < -0.4 is 10.0 Å². The number of hydrogen-bond donors (Lipinski definition) is 3. The summed E-state index contributed by atoms with van der Waals surface area (Å²) in [7, 11) is 0.785. The monoisotopic (exact) mass is 504 g/mol. The predicted molar refractivity (Wildman–Crippen MR) is 139 cm³/mol. The number of benzene rings is 1. The van der Waals surface area contributed by atoms with Gasteiger partial charge in [0.05, 0.1) is 36.2 Å². The molecule has 1 aromatic rings. The normalized spacial score (nSPS) is 30.1. The molecule has 1 aromatic carbocycles. The standard InChI is InChI=1S/C26H40N4O4S/c1-28-24-8-5-19(13-21(24)14-27)18-3-6-23(7-4-18)34-17-22-15-30(11-9-25(22)29-35(2)32)26(31)20-10-12-33-16-20/h5,8,13-14,18,20,22-23,25,27-29H,3-4,6-7,9-12,15-17H2,1-2H3. The molecule has 1 aliphatic carbocycles. The van der Waals surface area contributed by atoms with Crippen LogP contribution in [0.2, 0.25) is 0 Å². The smallest absolute Gasteiger partial charge is 0.228 e. The Morgan fingerprint density at radius 2 is 2.06 bits per heavy atom. The molecule has 1 saturated carbocycles. The first kappa shape index (κ1) is 26.3. The molecule has 2 aliphatic heterocycles. The minimum Gasteiger partial charge on any atom is -0.388 e. The van der Waals surface area contributed by atoms with Crippen molar-refractivity contribution in [1.82, 2.24) is 9.62 Å². The summed E-state index contributed by atoms with van der Waals surface area (Å²) in [4.78, 5) is 14.9. The van der Waals surface area contributed by atoms with E-state index in [4.69, 9.17) is 14.9 Å². The SMILES string of the molecule is CNc1ccc(C2CCC(OCC3CN(C(=O)C4CCOC4)CCC3NS(C)=O)CC2)cc1C=N. The summed E-state index contributed by atoms with van der Waals surface area (Å²) in [6.45, 7) is 3.10. The van der Waals surface area contributed by atoms with Gasteiger partial charge in [0.25, 0.3) is 0 Å². The highest BCUT2D eigenvalue weighted by Crippen LogP contribution is 2.35. The van der Waals surface area contributed by atoms with Crippen LogP contribution in [0.4, 0.5) is 5.69 Å². The summed E-state index contributed by atoms with van der Waals surface area (Å²) < 4.78 is 26.9. The van der Waals surface area contributed by atoms with Gasteiger partial charge in [-0.25, -0.2) is 8.93 Å². The third-order valence-electron chi connectivity index (χ3n) is 7.83. The van der Waals surface area contributed by atoms with Gasteiger partial charge in [-0.3, -0.25) is 4.79 Å². The molecule has 4 rings (SSSR count). The van der Waals surface area contributed by atoms with E-state index in [1.807, 2.05) is 11.9 Å². The van der Waals surface area contributed by atoms with Crippen molar-refractivity contribution in [1.29, 1.82) is 5.41 Å². The molecule has 194 valence electrons. The Bertz CT molecular complexity index is 899. The zero-order valence-corrected chi connectivity index (χ0v) is 21.8. The second-order valence-corrected chi connectivity index (χ2v) is 11.3. The van der Waals surface area contributed by atoms with Crippen LogP contribution in [0, 0.1) is 17.2 Å². The van der Waals surface area contributed by atoms with E-state index in [1.54, 1.807) is 6.26 Å². The zero-order chi connectivity index (χ0) is 24.8. The minimum absolute atomic E-state index is 0.0213. The molecule has 9 heteroatoms. The maximum atomic E-state index is 12.9. The summed E-state index contributed by atoms with van der Waals surface area (Å²) in [6.07, 6.45) is 9.03. The number of likely N-dealkylation sites (tertiary alicyclic amines) is 1. The third-order valence-corrected chi connectivity index (χ3v) is 8.47. The number of hydrogen-bond acceptors (Lipinski definition) is 6. The minimum atomic E-state index is -1.10. The fraction of sp³-hybridized carbons (Fsp3) is 0.692. The Hall–Kier alpha value is -1.81. The van der Waals surface area contributed by atoms with Gasteiger partial charge in [-0.05, 0) is 62.1 Å². The van der Waals surface area contributed by atoms with Crippen LogP contribution in [0.3, 0.4) is 0 Å². The number of carbonyl (C=O) groups excluding carboxylic acids is 1. The van der Waals surface area contributed by atoms with E-state index < -0.39 is 11.0 Å². The molecule has 8 nitrogen and oxygen atoms in total. The molecule has 0 radical (unpaired) electrons. The van der Waals surface area contributed by atoms with E-state index in [1.165, 1.54) is 11.8 Å². The van der Waals surface area contributed by atoms with E-state index in [-0.39, 0.29) is 29.9 Å². The fourth-order valence-corrected chi connectivity index (χ4v) is 6.50. The second kappa shape index (κ2) is 12.4. The van der Waals surface area contributed by atoms with Crippen LogP contribution >= 0.6 is 0 Å². The molecular formula is C26H40N4O4S. The molecule has 1 amide bonds. The third kappa shape index (κ3) is 6.70. The summed E-state index contributed by atoms with van der Waals surface area (Å²) in [5, 5.41) is 10.8. The number of nitrogens with one attached hydrogen (secondary N) is 3. The largest absolute Gasteiger partial charge is 0.388 e. The summed E-state index contributed by atoms with van der Waals surface area (Å²) in [5.41, 5.74) is 3.21. The van der Waals surface area contributed by atoms with Gasteiger partial charge in [-0.15, -0.1) is 0 Å². The zero-order valence-electron chi connectivity index (χ0n) is 21.0. The molecule has 0 spiro atoms. The second-order valence-electron chi connectivity index (χ2n) is 10.1. The molecule has 0 bridgehead atoms. The van der Waals surface area contributed by atoms with Crippen LogP contribution in [-0.4, -0.2) is 79.6 Å².